The molecule has 2 unspecified atom stereocenters. The number of benzene rings is 4. The first-order valence-corrected chi connectivity index (χ1v) is 13.3. The molecule has 0 nitrogen and oxygen atoms in total. The Kier molecular flexibility index (Phi) is 13.5. The molecular weight excluding hydrogens is 608 g/mol. The molecule has 0 aliphatic heterocycles. The second-order valence-corrected chi connectivity index (χ2v) is 10.4. The first kappa shape index (κ1) is 31.1. The molecule has 4 aromatic carbocycles. The van der Waals surface area contributed by atoms with E-state index in [4.69, 9.17) is 0 Å². The van der Waals surface area contributed by atoms with Crippen molar-refractivity contribution in [1.29, 1.82) is 0 Å². The van der Waals surface area contributed by atoms with Gasteiger partial charge < -0.3 is 24.8 Å². The molecule has 0 aliphatic rings. The summed E-state index contributed by atoms with van der Waals surface area (Å²) >= 11 is 0. The number of halogens is 2. The van der Waals surface area contributed by atoms with Gasteiger partial charge in [-0.3, -0.25) is 0 Å². The Morgan fingerprint density at radius 3 is 0.946 bits per heavy atom. The molecule has 0 spiro atoms. The van der Waals surface area contributed by atoms with Crippen LogP contribution in [0.4, 0.5) is 0 Å². The zero-order valence-corrected chi connectivity index (χ0v) is 25.9. The molecule has 37 heavy (non-hydrogen) atoms. The van der Waals surface area contributed by atoms with Crippen LogP contribution in [-0.4, -0.2) is 0 Å². The SMILES string of the molecule is [Cl-].[Cl-].[Zr+4].[c-]1cc(-c2ccccc2)[pH]c1-c1ccccc1.[c-]1cc(-c2ccccc2)[pH]c1-c1ccccc1. The van der Waals surface area contributed by atoms with Crippen molar-refractivity contribution >= 4 is 16.4 Å². The Morgan fingerprint density at radius 1 is 0.378 bits per heavy atom. The van der Waals surface area contributed by atoms with Crippen molar-refractivity contribution in [3.63, 3.8) is 0 Å². The molecule has 0 radical (unpaired) electrons. The van der Waals surface area contributed by atoms with Crippen molar-refractivity contribution in [1.82, 2.24) is 0 Å². The molecule has 5 heteroatoms. The first-order chi connectivity index (χ1) is 16.9. The van der Waals surface area contributed by atoms with Gasteiger partial charge in [0.15, 0.2) is 0 Å². The van der Waals surface area contributed by atoms with Gasteiger partial charge in [0.1, 0.15) is 0 Å². The average Bonchev–Trinajstić information content (AvgIpc) is 3.62. The minimum Gasteiger partial charge on any atom is -1.00 e. The summed E-state index contributed by atoms with van der Waals surface area (Å²) in [6, 6.07) is 53.1. The second kappa shape index (κ2) is 16.0. The van der Waals surface area contributed by atoms with Gasteiger partial charge in [0.05, 0.1) is 0 Å². The molecule has 6 aromatic rings. The third-order valence-electron chi connectivity index (χ3n) is 5.54. The van der Waals surface area contributed by atoms with Crippen LogP contribution in [0, 0.1) is 12.1 Å². The first-order valence-electron chi connectivity index (χ1n) is 11.3. The smallest absolute Gasteiger partial charge is 1.00 e. The Balaban J connectivity index is 0.000000241. The van der Waals surface area contributed by atoms with Crippen molar-refractivity contribution in [2.24, 2.45) is 0 Å². The van der Waals surface area contributed by atoms with Crippen LogP contribution in [0.2, 0.25) is 0 Å². The standard InChI is InChI=1S/2C16H12P.2ClH.Zr/c2*1-3-7-13(8-4-1)15-11-12-16(17-15)14-9-5-2-6-10-14;;;/h2*1-11,17H;2*1H;/q2*-1;;;+4/p-2. The van der Waals surface area contributed by atoms with E-state index >= 15 is 0 Å². The maximum atomic E-state index is 3.39. The van der Waals surface area contributed by atoms with E-state index in [0.29, 0.717) is 16.4 Å². The minimum atomic E-state index is 0. The normalized spacial score (nSPS) is 9.95. The third kappa shape index (κ3) is 8.45. The van der Waals surface area contributed by atoms with E-state index in [-0.39, 0.29) is 51.0 Å². The van der Waals surface area contributed by atoms with Crippen LogP contribution >= 0.6 is 16.4 Å². The zero-order valence-electron chi connectivity index (χ0n) is 20.0. The summed E-state index contributed by atoms with van der Waals surface area (Å²) in [5, 5.41) is 5.38. The summed E-state index contributed by atoms with van der Waals surface area (Å²) in [4.78, 5) is 0. The summed E-state index contributed by atoms with van der Waals surface area (Å²) in [5.74, 6) is 0. The van der Waals surface area contributed by atoms with Crippen molar-refractivity contribution in [2.75, 3.05) is 0 Å². The van der Waals surface area contributed by atoms with Crippen LogP contribution in [0.1, 0.15) is 0 Å². The summed E-state index contributed by atoms with van der Waals surface area (Å²) in [6.07, 6.45) is 0. The van der Waals surface area contributed by atoms with Crippen molar-refractivity contribution in [2.45, 2.75) is 0 Å². The van der Waals surface area contributed by atoms with Crippen LogP contribution < -0.4 is 24.8 Å². The summed E-state index contributed by atoms with van der Waals surface area (Å²) < 4.78 is 0. The maximum Gasteiger partial charge on any atom is 4.00 e. The van der Waals surface area contributed by atoms with Crippen LogP contribution in [0.3, 0.4) is 0 Å². The molecule has 6 rings (SSSR count). The monoisotopic (exact) mass is 630 g/mol. The fourth-order valence-electron chi connectivity index (χ4n) is 3.77. The van der Waals surface area contributed by atoms with Gasteiger partial charge in [0.2, 0.25) is 0 Å². The summed E-state index contributed by atoms with van der Waals surface area (Å²) in [7, 11) is 1.42. The Bertz CT molecular complexity index is 1210. The molecule has 0 aliphatic carbocycles. The average molecular weight is 633 g/mol. The van der Waals surface area contributed by atoms with Crippen molar-refractivity contribution in [3.8, 4) is 43.4 Å². The van der Waals surface area contributed by atoms with Gasteiger partial charge in [-0.1, -0.05) is 119 Å². The molecule has 0 bridgehead atoms. The largest absolute Gasteiger partial charge is 4.00 e. The molecule has 0 amide bonds. The van der Waals surface area contributed by atoms with E-state index in [9.17, 15) is 0 Å². The van der Waals surface area contributed by atoms with Crippen molar-refractivity contribution in [3.05, 3.63) is 146 Å². The second-order valence-electron chi connectivity index (χ2n) is 7.87. The molecule has 0 saturated carbocycles. The Morgan fingerprint density at radius 2 is 0.649 bits per heavy atom. The van der Waals surface area contributed by atoms with Crippen LogP contribution in [0.5, 0.6) is 0 Å². The Labute approximate surface area is 254 Å². The summed E-state index contributed by atoms with van der Waals surface area (Å²) in [6.45, 7) is 0. The van der Waals surface area contributed by atoms with Gasteiger partial charge in [-0.2, -0.15) is 24.3 Å². The predicted molar refractivity (Wildman–Crippen MR) is 151 cm³/mol. The fourth-order valence-corrected chi connectivity index (χ4v) is 6.13. The van der Waals surface area contributed by atoms with E-state index in [1.807, 2.05) is 12.1 Å². The van der Waals surface area contributed by atoms with E-state index in [1.54, 1.807) is 0 Å². The topological polar surface area (TPSA) is 0 Å². The molecular formula is C32H24Cl2P2Zr. The van der Waals surface area contributed by atoms with E-state index in [1.165, 1.54) is 43.4 Å². The zero-order chi connectivity index (χ0) is 23.0. The van der Waals surface area contributed by atoms with Crippen molar-refractivity contribution < 1.29 is 51.0 Å². The number of rotatable bonds is 4. The van der Waals surface area contributed by atoms with E-state index < -0.39 is 0 Å². The number of hydrogen-bond acceptors (Lipinski definition) is 0. The fraction of sp³-hybridized carbons (Fsp3) is 0. The van der Waals surface area contributed by atoms with Crippen LogP contribution in [-0.2, 0) is 26.2 Å². The van der Waals surface area contributed by atoms with Gasteiger partial charge in [0.25, 0.3) is 0 Å². The Hall–Kier alpha value is -2.10. The molecule has 0 saturated heterocycles. The quantitative estimate of drug-likeness (QED) is 0.260. The van der Waals surface area contributed by atoms with Crippen LogP contribution in [0.25, 0.3) is 43.4 Å². The number of hydrogen-bond donors (Lipinski definition) is 0. The van der Waals surface area contributed by atoms with E-state index in [2.05, 4.69) is 133 Å². The molecule has 0 fully saturated rings. The van der Waals surface area contributed by atoms with Gasteiger partial charge in [0, 0.05) is 0 Å². The molecule has 2 atom stereocenters. The molecule has 0 N–H and O–H groups in total. The van der Waals surface area contributed by atoms with Gasteiger partial charge in [-0.25, -0.2) is 16.4 Å². The molecule has 2 heterocycles. The molecule has 180 valence electrons. The van der Waals surface area contributed by atoms with Crippen LogP contribution in [0.15, 0.2) is 133 Å². The molecule has 2 aromatic heterocycles. The third-order valence-corrected chi connectivity index (χ3v) is 8.31. The van der Waals surface area contributed by atoms with Gasteiger partial charge in [-0.15, -0.1) is 46.0 Å². The minimum absolute atomic E-state index is 0. The van der Waals surface area contributed by atoms with Gasteiger partial charge >= 0.3 is 26.2 Å². The predicted octanol–water partition coefficient (Wildman–Crippen LogP) is 3.71. The maximum absolute atomic E-state index is 3.39. The summed E-state index contributed by atoms with van der Waals surface area (Å²) in [5.41, 5.74) is 5.19. The van der Waals surface area contributed by atoms with E-state index in [0.717, 1.165) is 0 Å². The van der Waals surface area contributed by atoms with Gasteiger partial charge in [-0.05, 0) is 0 Å².